The zero-order valence-electron chi connectivity index (χ0n) is 12.1. The van der Waals surface area contributed by atoms with Gasteiger partial charge in [-0.15, -0.1) is 10.2 Å². The number of fused-ring (bicyclic) bond motifs is 1. The van der Waals surface area contributed by atoms with Crippen LogP contribution in [0.2, 0.25) is 0 Å². The lowest BCUT2D eigenvalue weighted by molar-refractivity contribution is 0.783. The summed E-state index contributed by atoms with van der Waals surface area (Å²) in [6.45, 7) is 2.66. The maximum atomic E-state index is 4.45. The SMILES string of the molecule is Cc1nc(NCCSc2nncn2C)c2cnn(C)c2n1. The van der Waals surface area contributed by atoms with Crippen molar-refractivity contribution in [1.82, 2.24) is 34.5 Å². The number of anilines is 1. The third-order valence-electron chi connectivity index (χ3n) is 3.00. The van der Waals surface area contributed by atoms with Crippen LogP contribution in [0.3, 0.4) is 0 Å². The van der Waals surface area contributed by atoms with Gasteiger partial charge >= 0.3 is 0 Å². The monoisotopic (exact) mass is 304 g/mol. The topological polar surface area (TPSA) is 86.3 Å². The molecule has 1 N–H and O–H groups in total. The Morgan fingerprint density at radius 1 is 1.29 bits per heavy atom. The number of rotatable bonds is 5. The van der Waals surface area contributed by atoms with Gasteiger partial charge in [0, 0.05) is 26.4 Å². The van der Waals surface area contributed by atoms with Gasteiger partial charge in [-0.05, 0) is 6.92 Å². The van der Waals surface area contributed by atoms with Gasteiger partial charge in [-0.2, -0.15) is 5.10 Å². The van der Waals surface area contributed by atoms with Crippen LogP contribution in [0, 0.1) is 6.92 Å². The first-order valence-corrected chi connectivity index (χ1v) is 7.50. The molecule has 21 heavy (non-hydrogen) atoms. The van der Waals surface area contributed by atoms with Crippen LogP contribution < -0.4 is 5.32 Å². The average Bonchev–Trinajstić information content (AvgIpc) is 3.02. The van der Waals surface area contributed by atoms with E-state index in [1.165, 1.54) is 0 Å². The summed E-state index contributed by atoms with van der Waals surface area (Å²) in [6, 6.07) is 0. The van der Waals surface area contributed by atoms with Crippen molar-refractivity contribution >= 4 is 28.6 Å². The zero-order chi connectivity index (χ0) is 14.8. The van der Waals surface area contributed by atoms with E-state index in [4.69, 9.17) is 0 Å². The number of nitrogens with one attached hydrogen (secondary N) is 1. The van der Waals surface area contributed by atoms with E-state index in [1.54, 1.807) is 29.0 Å². The van der Waals surface area contributed by atoms with Gasteiger partial charge in [-0.25, -0.2) is 9.97 Å². The van der Waals surface area contributed by atoms with Gasteiger partial charge in [0.1, 0.15) is 18.0 Å². The molecule has 3 heterocycles. The van der Waals surface area contributed by atoms with Crippen molar-refractivity contribution < 1.29 is 0 Å². The summed E-state index contributed by atoms with van der Waals surface area (Å²) in [5.41, 5.74) is 0.839. The minimum Gasteiger partial charge on any atom is -0.369 e. The van der Waals surface area contributed by atoms with Gasteiger partial charge < -0.3 is 9.88 Å². The van der Waals surface area contributed by atoms with Crippen molar-refractivity contribution in [2.75, 3.05) is 17.6 Å². The zero-order valence-corrected chi connectivity index (χ0v) is 12.9. The maximum Gasteiger partial charge on any atom is 0.190 e. The second-order valence-corrected chi connectivity index (χ2v) is 5.69. The molecule has 3 aromatic heterocycles. The fourth-order valence-corrected chi connectivity index (χ4v) is 2.72. The standard InChI is InChI=1S/C12H16N8S/c1-8-16-10(9-6-15-20(3)11(9)17-8)13-4-5-21-12-18-14-7-19(12)2/h6-7H,4-5H2,1-3H3,(H,13,16,17). The number of thioether (sulfide) groups is 1. The molecule has 3 aromatic rings. The molecule has 3 rings (SSSR count). The van der Waals surface area contributed by atoms with E-state index < -0.39 is 0 Å². The van der Waals surface area contributed by atoms with Crippen LogP contribution in [0.1, 0.15) is 5.82 Å². The lowest BCUT2D eigenvalue weighted by Gasteiger charge is -2.07. The molecular weight excluding hydrogens is 288 g/mol. The predicted octanol–water partition coefficient (Wildman–Crippen LogP) is 1.00. The second kappa shape index (κ2) is 5.68. The summed E-state index contributed by atoms with van der Waals surface area (Å²) < 4.78 is 3.66. The van der Waals surface area contributed by atoms with Crippen molar-refractivity contribution in [2.24, 2.45) is 14.1 Å². The van der Waals surface area contributed by atoms with Gasteiger partial charge in [0.05, 0.1) is 11.6 Å². The molecule has 0 atom stereocenters. The van der Waals surface area contributed by atoms with Gasteiger partial charge in [0.25, 0.3) is 0 Å². The lowest BCUT2D eigenvalue weighted by Crippen LogP contribution is -2.08. The molecule has 0 aliphatic rings. The summed E-state index contributed by atoms with van der Waals surface area (Å²) in [5.74, 6) is 2.43. The van der Waals surface area contributed by atoms with E-state index in [-0.39, 0.29) is 0 Å². The van der Waals surface area contributed by atoms with Crippen LogP contribution in [-0.2, 0) is 14.1 Å². The first kappa shape index (κ1) is 13.8. The molecular formula is C12H16N8S. The number of hydrogen-bond donors (Lipinski definition) is 1. The molecule has 110 valence electrons. The maximum absolute atomic E-state index is 4.45. The quantitative estimate of drug-likeness (QED) is 0.556. The molecule has 0 aliphatic heterocycles. The van der Waals surface area contributed by atoms with Gasteiger partial charge in [0.2, 0.25) is 0 Å². The van der Waals surface area contributed by atoms with Crippen LogP contribution in [0.4, 0.5) is 5.82 Å². The highest BCUT2D eigenvalue weighted by Gasteiger charge is 2.09. The van der Waals surface area contributed by atoms with E-state index in [1.807, 2.05) is 25.6 Å². The number of nitrogens with zero attached hydrogens (tertiary/aromatic N) is 7. The Kier molecular flexibility index (Phi) is 3.74. The Hall–Kier alpha value is -2.16. The largest absolute Gasteiger partial charge is 0.369 e. The van der Waals surface area contributed by atoms with E-state index in [0.29, 0.717) is 0 Å². The third-order valence-corrected chi connectivity index (χ3v) is 4.04. The molecule has 0 saturated carbocycles. The Balaban J connectivity index is 1.67. The van der Waals surface area contributed by atoms with E-state index in [0.717, 1.165) is 40.1 Å². The van der Waals surface area contributed by atoms with Gasteiger partial charge in [0.15, 0.2) is 10.8 Å². The summed E-state index contributed by atoms with van der Waals surface area (Å²) in [7, 11) is 3.81. The minimum absolute atomic E-state index is 0.731. The van der Waals surface area contributed by atoms with E-state index >= 15 is 0 Å². The first-order valence-electron chi connectivity index (χ1n) is 6.52. The molecule has 0 saturated heterocycles. The van der Waals surface area contributed by atoms with Crippen molar-refractivity contribution in [3.63, 3.8) is 0 Å². The van der Waals surface area contributed by atoms with Crippen molar-refractivity contribution in [3.05, 3.63) is 18.3 Å². The lowest BCUT2D eigenvalue weighted by atomic mass is 10.4. The molecule has 9 heteroatoms. The number of aryl methyl sites for hydroxylation is 3. The van der Waals surface area contributed by atoms with Gasteiger partial charge in [-0.1, -0.05) is 11.8 Å². The normalized spacial score (nSPS) is 11.2. The molecule has 0 aromatic carbocycles. The Morgan fingerprint density at radius 2 is 2.14 bits per heavy atom. The van der Waals surface area contributed by atoms with Crippen LogP contribution in [-0.4, -0.2) is 46.8 Å². The number of aromatic nitrogens is 7. The molecule has 0 radical (unpaired) electrons. The summed E-state index contributed by atoms with van der Waals surface area (Å²) in [5, 5.41) is 17.3. The van der Waals surface area contributed by atoms with Crippen LogP contribution in [0.25, 0.3) is 11.0 Å². The summed E-state index contributed by atoms with van der Waals surface area (Å²) in [6.07, 6.45) is 3.48. The van der Waals surface area contributed by atoms with Crippen molar-refractivity contribution in [3.8, 4) is 0 Å². The highest BCUT2D eigenvalue weighted by molar-refractivity contribution is 7.99. The summed E-state index contributed by atoms with van der Waals surface area (Å²) in [4.78, 5) is 8.85. The fraction of sp³-hybridized carbons (Fsp3) is 0.417. The van der Waals surface area contributed by atoms with Crippen LogP contribution in [0.5, 0.6) is 0 Å². The molecule has 0 bridgehead atoms. The fourth-order valence-electron chi connectivity index (χ4n) is 1.98. The summed E-state index contributed by atoms with van der Waals surface area (Å²) >= 11 is 1.65. The smallest absolute Gasteiger partial charge is 0.190 e. The van der Waals surface area contributed by atoms with Crippen LogP contribution in [0.15, 0.2) is 17.7 Å². The Morgan fingerprint density at radius 3 is 2.90 bits per heavy atom. The van der Waals surface area contributed by atoms with Crippen molar-refractivity contribution in [1.29, 1.82) is 0 Å². The molecule has 8 nitrogen and oxygen atoms in total. The molecule has 0 amide bonds. The molecule has 0 spiro atoms. The van der Waals surface area contributed by atoms with Crippen LogP contribution >= 0.6 is 11.8 Å². The molecule has 0 fully saturated rings. The highest BCUT2D eigenvalue weighted by Crippen LogP contribution is 2.20. The van der Waals surface area contributed by atoms with E-state index in [2.05, 4.69) is 30.6 Å². The molecule has 0 unspecified atom stereocenters. The Bertz CT molecular complexity index is 762. The second-order valence-electron chi connectivity index (χ2n) is 4.62. The Labute approximate surface area is 126 Å². The predicted molar refractivity (Wildman–Crippen MR) is 81.3 cm³/mol. The number of hydrogen-bond acceptors (Lipinski definition) is 7. The average molecular weight is 304 g/mol. The van der Waals surface area contributed by atoms with Gasteiger partial charge in [-0.3, -0.25) is 4.68 Å². The van der Waals surface area contributed by atoms with E-state index in [9.17, 15) is 0 Å². The minimum atomic E-state index is 0.731. The molecule has 0 aliphatic carbocycles. The first-order chi connectivity index (χ1) is 10.1. The third kappa shape index (κ3) is 2.82. The highest BCUT2D eigenvalue weighted by atomic mass is 32.2. The van der Waals surface area contributed by atoms with Crippen molar-refractivity contribution in [2.45, 2.75) is 12.1 Å².